The van der Waals surface area contributed by atoms with Crippen molar-refractivity contribution in [1.82, 2.24) is 10.6 Å². The fourth-order valence-electron chi connectivity index (χ4n) is 1.99. The van der Waals surface area contributed by atoms with E-state index in [9.17, 15) is 9.59 Å². The lowest BCUT2D eigenvalue weighted by Gasteiger charge is -2.28. The van der Waals surface area contributed by atoms with Crippen molar-refractivity contribution in [2.45, 2.75) is 37.0 Å². The molecule has 2 amide bonds. The van der Waals surface area contributed by atoms with Gasteiger partial charge < -0.3 is 16.4 Å². The smallest absolute Gasteiger partial charge is 0.309 e. The summed E-state index contributed by atoms with van der Waals surface area (Å²) in [6.45, 7) is 0.0552. The van der Waals surface area contributed by atoms with Crippen LogP contribution in [0.2, 0.25) is 0 Å². The van der Waals surface area contributed by atoms with Crippen LogP contribution in [-0.2, 0) is 9.59 Å². The molecular formula is C11H19N3O2S2. The average Bonchev–Trinajstić information content (AvgIpc) is 2.36. The van der Waals surface area contributed by atoms with Crippen molar-refractivity contribution < 1.29 is 9.59 Å². The summed E-state index contributed by atoms with van der Waals surface area (Å²) in [5, 5.41) is 5.71. The van der Waals surface area contributed by atoms with Gasteiger partial charge in [-0.2, -0.15) is 11.8 Å². The van der Waals surface area contributed by atoms with Crippen LogP contribution in [0.5, 0.6) is 0 Å². The highest BCUT2D eigenvalue weighted by Crippen LogP contribution is 2.26. The van der Waals surface area contributed by atoms with Gasteiger partial charge in [0, 0.05) is 11.3 Å². The van der Waals surface area contributed by atoms with Crippen LogP contribution in [0.3, 0.4) is 0 Å². The molecule has 0 radical (unpaired) electrons. The van der Waals surface area contributed by atoms with E-state index >= 15 is 0 Å². The molecule has 4 N–H and O–H groups in total. The molecule has 1 aliphatic rings. The van der Waals surface area contributed by atoms with Gasteiger partial charge in [-0.05, 0) is 25.5 Å². The molecule has 1 saturated carbocycles. The second-order valence-electron chi connectivity index (χ2n) is 4.34. The first kappa shape index (κ1) is 15.2. The number of carbonyl (C=O) groups excluding carboxylic acids is 2. The maximum Gasteiger partial charge on any atom is 0.309 e. The third kappa shape index (κ3) is 5.22. The maximum atomic E-state index is 11.6. The van der Waals surface area contributed by atoms with Gasteiger partial charge in [0.15, 0.2) is 0 Å². The van der Waals surface area contributed by atoms with Crippen LogP contribution in [0.1, 0.15) is 25.7 Å². The van der Waals surface area contributed by atoms with Crippen LogP contribution in [0.25, 0.3) is 0 Å². The average molecular weight is 289 g/mol. The zero-order valence-corrected chi connectivity index (χ0v) is 12.0. The Morgan fingerprint density at radius 2 is 2.11 bits per heavy atom. The minimum atomic E-state index is -0.672. The zero-order valence-electron chi connectivity index (χ0n) is 10.4. The van der Waals surface area contributed by atoms with E-state index in [4.69, 9.17) is 5.73 Å². The van der Waals surface area contributed by atoms with Gasteiger partial charge in [-0.15, -0.1) is 0 Å². The number of nitrogens with one attached hydrogen (secondary N) is 2. The first-order chi connectivity index (χ1) is 8.52. The molecule has 1 aliphatic carbocycles. The fourth-order valence-corrected chi connectivity index (χ4v) is 2.89. The number of rotatable bonds is 4. The van der Waals surface area contributed by atoms with Crippen LogP contribution >= 0.6 is 24.0 Å². The molecule has 0 aromatic carbocycles. The fraction of sp³-hybridized carbons (Fsp3) is 0.727. The van der Waals surface area contributed by atoms with Crippen molar-refractivity contribution in [2.75, 3.05) is 12.8 Å². The largest absolute Gasteiger partial charge is 0.392 e. The summed E-state index contributed by atoms with van der Waals surface area (Å²) in [5.41, 5.74) is 5.24. The molecule has 0 aromatic rings. The normalized spacial score (nSPS) is 23.2. The lowest BCUT2D eigenvalue weighted by atomic mass is 9.95. The third-order valence-electron chi connectivity index (χ3n) is 2.92. The van der Waals surface area contributed by atoms with Crippen molar-refractivity contribution in [3.63, 3.8) is 0 Å². The number of thioether (sulfide) groups is 1. The van der Waals surface area contributed by atoms with E-state index in [1.54, 1.807) is 0 Å². The van der Waals surface area contributed by atoms with Crippen molar-refractivity contribution in [3.05, 3.63) is 0 Å². The molecule has 0 saturated heterocycles. The predicted molar refractivity (Wildman–Crippen MR) is 77.5 cm³/mol. The Hall–Kier alpha value is -0.820. The summed E-state index contributed by atoms with van der Waals surface area (Å²) in [4.78, 5) is 23.2. The summed E-state index contributed by atoms with van der Waals surface area (Å²) in [6.07, 6.45) is 6.21. The van der Waals surface area contributed by atoms with Gasteiger partial charge in [0.05, 0.1) is 11.5 Å². The van der Waals surface area contributed by atoms with Crippen LogP contribution in [0.4, 0.5) is 0 Å². The van der Waals surface area contributed by atoms with E-state index in [1.807, 2.05) is 11.8 Å². The number of hydrogen-bond donors (Lipinski definition) is 3. The second kappa shape index (κ2) is 7.58. The van der Waals surface area contributed by atoms with Crippen LogP contribution < -0.4 is 16.4 Å². The molecule has 5 nitrogen and oxygen atoms in total. The van der Waals surface area contributed by atoms with Gasteiger partial charge in [-0.3, -0.25) is 9.59 Å². The summed E-state index contributed by atoms with van der Waals surface area (Å²) >= 11 is 6.44. The number of hydrogen-bond acceptors (Lipinski definition) is 4. The molecule has 0 bridgehead atoms. The lowest BCUT2D eigenvalue weighted by molar-refractivity contribution is -0.139. The number of carbonyl (C=O) groups is 2. The summed E-state index contributed by atoms with van der Waals surface area (Å²) in [6, 6.07) is 0.0966. The highest BCUT2D eigenvalue weighted by Gasteiger charge is 2.24. The Morgan fingerprint density at radius 3 is 2.72 bits per heavy atom. The van der Waals surface area contributed by atoms with Crippen molar-refractivity contribution in [1.29, 1.82) is 0 Å². The maximum absolute atomic E-state index is 11.6. The number of amides is 2. The van der Waals surface area contributed by atoms with Crippen molar-refractivity contribution in [3.8, 4) is 0 Å². The van der Waals surface area contributed by atoms with Gasteiger partial charge in [-0.1, -0.05) is 18.6 Å². The van der Waals surface area contributed by atoms with Gasteiger partial charge in [0.25, 0.3) is 0 Å². The molecule has 1 rings (SSSR count). The zero-order chi connectivity index (χ0) is 13.5. The summed E-state index contributed by atoms with van der Waals surface area (Å²) in [5.74, 6) is -1.27. The Bertz CT molecular complexity index is 336. The Kier molecular flexibility index (Phi) is 6.42. The first-order valence-electron chi connectivity index (χ1n) is 5.92. The van der Waals surface area contributed by atoms with Crippen molar-refractivity contribution >= 4 is 40.8 Å². The minimum absolute atomic E-state index is 0.0552. The molecule has 7 heteroatoms. The SMILES string of the molecule is CSC1CCCC(NC(=O)C(=O)NCC(N)=S)C1. The predicted octanol–water partition coefficient (Wildman–Crippen LogP) is 0.179. The molecule has 0 spiro atoms. The topological polar surface area (TPSA) is 84.2 Å². The quantitative estimate of drug-likeness (QED) is 0.508. The van der Waals surface area contributed by atoms with Gasteiger partial charge >= 0.3 is 11.8 Å². The molecule has 0 heterocycles. The minimum Gasteiger partial charge on any atom is -0.392 e. The van der Waals surface area contributed by atoms with E-state index in [1.165, 1.54) is 6.42 Å². The van der Waals surface area contributed by atoms with Crippen LogP contribution in [0, 0.1) is 0 Å². The third-order valence-corrected chi connectivity index (χ3v) is 4.16. The Labute approximate surface area is 117 Å². The molecule has 102 valence electrons. The molecule has 2 atom stereocenters. The Morgan fingerprint density at radius 1 is 1.39 bits per heavy atom. The molecule has 1 fully saturated rings. The molecule has 2 unspecified atom stereocenters. The summed E-state index contributed by atoms with van der Waals surface area (Å²) in [7, 11) is 0. The second-order valence-corrected chi connectivity index (χ2v) is 6.01. The molecular weight excluding hydrogens is 270 g/mol. The molecule has 0 aromatic heterocycles. The van der Waals surface area contributed by atoms with E-state index in [-0.39, 0.29) is 17.6 Å². The monoisotopic (exact) mass is 289 g/mol. The van der Waals surface area contributed by atoms with E-state index < -0.39 is 11.8 Å². The number of thiocarbonyl (C=S) groups is 1. The van der Waals surface area contributed by atoms with E-state index in [0.717, 1.165) is 19.3 Å². The number of nitrogens with two attached hydrogens (primary N) is 1. The Balaban J connectivity index is 2.34. The standard InChI is InChI=1S/C11H19N3O2S2/c1-18-8-4-2-3-7(5-8)14-11(16)10(15)13-6-9(12)17/h7-8H,2-6H2,1H3,(H2,12,17)(H,13,15)(H,14,16). The van der Waals surface area contributed by atoms with Crippen LogP contribution in [-0.4, -0.2) is 40.9 Å². The highest BCUT2D eigenvalue weighted by molar-refractivity contribution is 7.99. The van der Waals surface area contributed by atoms with Crippen molar-refractivity contribution in [2.24, 2.45) is 5.73 Å². The summed E-state index contributed by atoms with van der Waals surface area (Å²) < 4.78 is 0. The van der Waals surface area contributed by atoms with E-state index in [2.05, 4.69) is 29.1 Å². The molecule has 0 aliphatic heterocycles. The highest BCUT2D eigenvalue weighted by atomic mass is 32.2. The van der Waals surface area contributed by atoms with Crippen LogP contribution in [0.15, 0.2) is 0 Å². The van der Waals surface area contributed by atoms with Gasteiger partial charge in [-0.25, -0.2) is 0 Å². The van der Waals surface area contributed by atoms with Gasteiger partial charge in [0.2, 0.25) is 0 Å². The molecule has 18 heavy (non-hydrogen) atoms. The van der Waals surface area contributed by atoms with Gasteiger partial charge in [0.1, 0.15) is 0 Å². The van der Waals surface area contributed by atoms with E-state index in [0.29, 0.717) is 5.25 Å². The first-order valence-corrected chi connectivity index (χ1v) is 7.62. The lowest BCUT2D eigenvalue weighted by Crippen LogP contribution is -2.47.